The lowest BCUT2D eigenvalue weighted by molar-refractivity contribution is 0.0746. The van der Waals surface area contributed by atoms with Gasteiger partial charge in [-0.05, 0) is 73.9 Å². The van der Waals surface area contributed by atoms with Crippen LogP contribution in [-0.4, -0.2) is 42.0 Å². The smallest absolute Gasteiger partial charge is 0.255 e. The molecule has 0 bridgehead atoms. The summed E-state index contributed by atoms with van der Waals surface area (Å²) >= 11 is 0. The average molecular weight is 391 g/mol. The molecular formula is C24H26FN3O. The number of halogens is 1. The first-order chi connectivity index (χ1) is 13.9. The van der Waals surface area contributed by atoms with Crippen LogP contribution in [0.5, 0.6) is 0 Å². The van der Waals surface area contributed by atoms with E-state index < -0.39 is 0 Å². The molecule has 1 aromatic heterocycles. The van der Waals surface area contributed by atoms with Crippen LogP contribution in [0.3, 0.4) is 0 Å². The van der Waals surface area contributed by atoms with E-state index in [2.05, 4.69) is 41.9 Å². The number of nitrogens with one attached hydrogen (secondary N) is 1. The maximum atomic E-state index is 13.2. The third-order valence-corrected chi connectivity index (χ3v) is 5.88. The Labute approximate surface area is 171 Å². The van der Waals surface area contributed by atoms with E-state index in [1.807, 2.05) is 17.9 Å². The van der Waals surface area contributed by atoms with Gasteiger partial charge in [-0.3, -0.25) is 4.79 Å². The van der Waals surface area contributed by atoms with Gasteiger partial charge >= 0.3 is 0 Å². The van der Waals surface area contributed by atoms with Crippen molar-refractivity contribution in [2.45, 2.75) is 20.8 Å². The van der Waals surface area contributed by atoms with Gasteiger partial charge in [0.1, 0.15) is 5.82 Å². The molecule has 2 aromatic carbocycles. The topological polar surface area (TPSA) is 39.3 Å². The van der Waals surface area contributed by atoms with Crippen molar-refractivity contribution in [3.8, 4) is 11.3 Å². The number of rotatable bonds is 3. The van der Waals surface area contributed by atoms with Crippen LogP contribution in [0.4, 0.5) is 10.1 Å². The molecule has 0 aliphatic carbocycles. The zero-order chi connectivity index (χ0) is 20.5. The molecule has 1 aliphatic heterocycles. The molecule has 4 nitrogen and oxygen atoms in total. The Bertz CT molecular complexity index is 1030. The van der Waals surface area contributed by atoms with Gasteiger partial charge in [0.15, 0.2) is 0 Å². The van der Waals surface area contributed by atoms with Gasteiger partial charge in [0, 0.05) is 43.3 Å². The maximum absolute atomic E-state index is 13.2. The normalized spacial score (nSPS) is 14.3. The second-order valence-electron chi connectivity index (χ2n) is 7.73. The number of carbonyl (C=O) groups excluding carboxylic acids is 1. The molecule has 4 rings (SSSR count). The summed E-state index contributed by atoms with van der Waals surface area (Å²) in [5.74, 6) is -0.220. The minimum Gasteiger partial charge on any atom is -0.368 e. The molecule has 1 fully saturated rings. The first-order valence-electron chi connectivity index (χ1n) is 10.00. The minimum atomic E-state index is -0.268. The van der Waals surface area contributed by atoms with Crippen LogP contribution >= 0.6 is 0 Å². The van der Waals surface area contributed by atoms with Gasteiger partial charge in [-0.15, -0.1) is 0 Å². The van der Waals surface area contributed by atoms with Crippen molar-refractivity contribution in [1.82, 2.24) is 9.88 Å². The number of benzene rings is 2. The van der Waals surface area contributed by atoms with Gasteiger partial charge in [-0.2, -0.15) is 0 Å². The van der Waals surface area contributed by atoms with Gasteiger partial charge in [0.25, 0.3) is 5.91 Å². The second-order valence-corrected chi connectivity index (χ2v) is 7.73. The number of amides is 1. The summed E-state index contributed by atoms with van der Waals surface area (Å²) in [5.41, 5.74) is 7.08. The highest BCUT2D eigenvalue weighted by Crippen LogP contribution is 2.26. The number of anilines is 1. The fourth-order valence-electron chi connectivity index (χ4n) is 3.96. The third kappa shape index (κ3) is 3.77. The minimum absolute atomic E-state index is 0.0488. The third-order valence-electron chi connectivity index (χ3n) is 5.88. The lowest BCUT2D eigenvalue weighted by Gasteiger charge is -2.37. The highest BCUT2D eigenvalue weighted by molar-refractivity contribution is 5.97. The van der Waals surface area contributed by atoms with E-state index in [-0.39, 0.29) is 11.7 Å². The van der Waals surface area contributed by atoms with Crippen molar-refractivity contribution in [2.75, 3.05) is 31.1 Å². The van der Waals surface area contributed by atoms with Crippen LogP contribution < -0.4 is 4.90 Å². The van der Waals surface area contributed by atoms with Crippen LogP contribution in [0.1, 0.15) is 27.2 Å². The number of H-pyrrole nitrogens is 1. The summed E-state index contributed by atoms with van der Waals surface area (Å²) in [7, 11) is 0. The first-order valence-corrected chi connectivity index (χ1v) is 10.00. The summed E-state index contributed by atoms with van der Waals surface area (Å²) in [6, 6.07) is 14.6. The van der Waals surface area contributed by atoms with E-state index in [0.29, 0.717) is 18.7 Å². The largest absolute Gasteiger partial charge is 0.368 e. The Kier molecular flexibility index (Phi) is 5.14. The maximum Gasteiger partial charge on any atom is 0.255 e. The van der Waals surface area contributed by atoms with Crippen LogP contribution in [0.25, 0.3) is 11.3 Å². The zero-order valence-corrected chi connectivity index (χ0v) is 17.1. The summed E-state index contributed by atoms with van der Waals surface area (Å²) in [4.78, 5) is 20.7. The fourth-order valence-corrected chi connectivity index (χ4v) is 3.96. The van der Waals surface area contributed by atoms with Crippen molar-refractivity contribution in [1.29, 1.82) is 0 Å². The van der Waals surface area contributed by atoms with E-state index in [0.717, 1.165) is 30.0 Å². The lowest BCUT2D eigenvalue weighted by atomic mass is 10.1. The molecule has 0 radical (unpaired) electrons. The Morgan fingerprint density at radius 3 is 2.34 bits per heavy atom. The van der Waals surface area contributed by atoms with E-state index in [1.165, 1.54) is 28.9 Å². The molecule has 1 amide bonds. The highest BCUT2D eigenvalue weighted by Gasteiger charge is 2.25. The summed E-state index contributed by atoms with van der Waals surface area (Å²) in [5, 5.41) is 0. The van der Waals surface area contributed by atoms with Gasteiger partial charge in [-0.25, -0.2) is 4.39 Å². The number of aromatic amines is 1. The molecule has 0 unspecified atom stereocenters. The predicted molar refractivity (Wildman–Crippen MR) is 115 cm³/mol. The quantitative estimate of drug-likeness (QED) is 0.702. The van der Waals surface area contributed by atoms with Crippen molar-refractivity contribution in [3.63, 3.8) is 0 Å². The Morgan fingerprint density at radius 2 is 1.66 bits per heavy atom. The van der Waals surface area contributed by atoms with Gasteiger partial charge in [-0.1, -0.05) is 12.1 Å². The van der Waals surface area contributed by atoms with Crippen molar-refractivity contribution in [2.24, 2.45) is 0 Å². The van der Waals surface area contributed by atoms with E-state index >= 15 is 0 Å². The van der Waals surface area contributed by atoms with E-state index in [9.17, 15) is 9.18 Å². The standard InChI is InChI=1S/C24H26FN3O/c1-16-5-4-6-23(17(16)2)27-11-13-28(14-12-27)24(29)21-15-22(26-18(21)3)19-7-9-20(25)10-8-19/h4-10,15,26H,11-14H2,1-3H3. The molecule has 2 heterocycles. The number of aryl methyl sites for hydroxylation is 2. The Balaban J connectivity index is 1.47. The number of hydrogen-bond donors (Lipinski definition) is 1. The van der Waals surface area contributed by atoms with E-state index in [1.54, 1.807) is 12.1 Å². The number of nitrogens with zero attached hydrogens (tertiary/aromatic N) is 2. The average Bonchev–Trinajstić information content (AvgIpc) is 3.12. The van der Waals surface area contributed by atoms with E-state index in [4.69, 9.17) is 0 Å². The molecule has 3 aromatic rings. The second kappa shape index (κ2) is 7.74. The molecular weight excluding hydrogens is 365 g/mol. The number of piperazine rings is 1. The summed E-state index contributed by atoms with van der Waals surface area (Å²) in [6.07, 6.45) is 0. The zero-order valence-electron chi connectivity index (χ0n) is 17.1. The fraction of sp³-hybridized carbons (Fsp3) is 0.292. The number of carbonyl (C=O) groups is 1. The molecule has 29 heavy (non-hydrogen) atoms. The predicted octanol–water partition coefficient (Wildman–Crippen LogP) is 4.71. The molecule has 0 atom stereocenters. The SMILES string of the molecule is Cc1cccc(N2CCN(C(=O)c3cc(-c4ccc(F)cc4)[nH]c3C)CC2)c1C. The molecule has 0 saturated carbocycles. The molecule has 1 saturated heterocycles. The lowest BCUT2D eigenvalue weighted by Crippen LogP contribution is -2.49. The molecule has 150 valence electrons. The highest BCUT2D eigenvalue weighted by atomic mass is 19.1. The summed E-state index contributed by atoms with van der Waals surface area (Å²) in [6.45, 7) is 9.24. The van der Waals surface area contributed by atoms with Gasteiger partial charge in [0.2, 0.25) is 0 Å². The number of hydrogen-bond acceptors (Lipinski definition) is 2. The number of aromatic nitrogens is 1. The monoisotopic (exact) mass is 391 g/mol. The Morgan fingerprint density at radius 1 is 0.966 bits per heavy atom. The first kappa shape index (κ1) is 19.2. The van der Waals surface area contributed by atoms with Crippen LogP contribution in [0.2, 0.25) is 0 Å². The molecule has 5 heteroatoms. The van der Waals surface area contributed by atoms with Crippen LogP contribution in [-0.2, 0) is 0 Å². The summed E-state index contributed by atoms with van der Waals surface area (Å²) < 4.78 is 13.2. The van der Waals surface area contributed by atoms with Crippen molar-refractivity contribution in [3.05, 3.63) is 76.7 Å². The Hall–Kier alpha value is -3.08. The molecule has 1 N–H and O–H groups in total. The van der Waals surface area contributed by atoms with Crippen molar-refractivity contribution < 1.29 is 9.18 Å². The van der Waals surface area contributed by atoms with Crippen LogP contribution in [0, 0.1) is 26.6 Å². The van der Waals surface area contributed by atoms with Crippen LogP contribution in [0.15, 0.2) is 48.5 Å². The molecule has 1 aliphatic rings. The molecule has 0 spiro atoms. The van der Waals surface area contributed by atoms with Gasteiger partial charge in [0.05, 0.1) is 5.56 Å². The van der Waals surface area contributed by atoms with Crippen molar-refractivity contribution >= 4 is 11.6 Å². The van der Waals surface area contributed by atoms with Gasteiger partial charge < -0.3 is 14.8 Å².